The maximum Gasteiger partial charge on any atom is 0.257 e. The molecule has 0 bridgehead atoms. The highest BCUT2D eigenvalue weighted by atomic mass is 16.1. The zero-order valence-corrected chi connectivity index (χ0v) is 16.6. The van der Waals surface area contributed by atoms with E-state index in [2.05, 4.69) is 20.0 Å². The number of aromatic nitrogens is 3. The van der Waals surface area contributed by atoms with Gasteiger partial charge in [-0.15, -0.1) is 0 Å². The Hall–Kier alpha value is -3.19. The van der Waals surface area contributed by atoms with Gasteiger partial charge in [0.15, 0.2) is 5.65 Å². The van der Waals surface area contributed by atoms with Crippen LogP contribution in [0.25, 0.3) is 27.6 Å². The van der Waals surface area contributed by atoms with Gasteiger partial charge in [0, 0.05) is 36.9 Å². The molecule has 0 atom stereocenters. The van der Waals surface area contributed by atoms with Crippen molar-refractivity contribution in [2.75, 3.05) is 32.5 Å². The summed E-state index contributed by atoms with van der Waals surface area (Å²) in [5.41, 5.74) is 4.95. The molecule has 0 saturated heterocycles. The molecule has 0 unspecified atom stereocenters. The van der Waals surface area contributed by atoms with Crippen LogP contribution in [-0.4, -0.2) is 58.4 Å². The van der Waals surface area contributed by atoms with Crippen molar-refractivity contribution in [2.45, 2.75) is 18.9 Å². The van der Waals surface area contributed by atoms with E-state index in [4.69, 9.17) is 4.98 Å². The van der Waals surface area contributed by atoms with Crippen molar-refractivity contribution in [1.82, 2.24) is 24.6 Å². The standard InChI is InChI=1S/C22H24N6O/c1-27(2)12-11-24-22(29)19-20(25-14-7-8-14)15-13-23-10-9-17(15)28-18-6-4-3-5-16(18)26-21(19)28/h3-6,9-10,13-14,25H,7-8,11-12H2,1-2H3,(H,24,29). The number of para-hydroxylation sites is 2. The first-order valence-corrected chi connectivity index (χ1v) is 10.00. The van der Waals surface area contributed by atoms with Crippen molar-refractivity contribution in [3.8, 4) is 0 Å². The highest BCUT2D eigenvalue weighted by Crippen LogP contribution is 2.36. The number of amides is 1. The molecule has 1 aromatic carbocycles. The number of carbonyl (C=O) groups excluding carboxylic acids is 1. The third kappa shape index (κ3) is 3.17. The number of hydrogen-bond donors (Lipinski definition) is 2. The third-order valence-corrected chi connectivity index (χ3v) is 5.34. The maximum atomic E-state index is 13.3. The van der Waals surface area contributed by atoms with Crippen LogP contribution in [0.3, 0.4) is 0 Å². The van der Waals surface area contributed by atoms with Crippen LogP contribution in [0.4, 0.5) is 5.69 Å². The van der Waals surface area contributed by atoms with Gasteiger partial charge in [-0.05, 0) is 45.1 Å². The lowest BCUT2D eigenvalue weighted by Gasteiger charge is -2.17. The normalized spacial score (nSPS) is 14.2. The number of imidazole rings is 1. The van der Waals surface area contributed by atoms with E-state index < -0.39 is 0 Å². The SMILES string of the molecule is CN(C)CCNC(=O)c1c(NC2CC2)c2cnccc2n2c1nc1ccccc12. The summed E-state index contributed by atoms with van der Waals surface area (Å²) in [4.78, 5) is 24.6. The van der Waals surface area contributed by atoms with Gasteiger partial charge < -0.3 is 15.5 Å². The number of carbonyl (C=O) groups is 1. The molecule has 3 heterocycles. The zero-order chi connectivity index (χ0) is 20.0. The second kappa shape index (κ2) is 7.00. The highest BCUT2D eigenvalue weighted by molar-refractivity contribution is 6.14. The van der Waals surface area contributed by atoms with Gasteiger partial charge in [-0.2, -0.15) is 0 Å². The molecule has 1 aliphatic rings. The van der Waals surface area contributed by atoms with Gasteiger partial charge in [0.2, 0.25) is 0 Å². The van der Waals surface area contributed by atoms with E-state index in [1.165, 1.54) is 0 Å². The summed E-state index contributed by atoms with van der Waals surface area (Å²) >= 11 is 0. The van der Waals surface area contributed by atoms with Gasteiger partial charge in [-0.3, -0.25) is 14.2 Å². The Bertz CT molecular complexity index is 1220. The molecular weight excluding hydrogens is 364 g/mol. The Morgan fingerprint density at radius 1 is 1.21 bits per heavy atom. The van der Waals surface area contributed by atoms with E-state index in [-0.39, 0.29) is 5.91 Å². The van der Waals surface area contributed by atoms with Gasteiger partial charge in [0.25, 0.3) is 5.91 Å². The van der Waals surface area contributed by atoms with Gasteiger partial charge >= 0.3 is 0 Å². The van der Waals surface area contributed by atoms with Crippen LogP contribution in [0.2, 0.25) is 0 Å². The molecule has 29 heavy (non-hydrogen) atoms. The number of fused-ring (bicyclic) bond motifs is 5. The number of rotatable bonds is 6. The van der Waals surface area contributed by atoms with Crippen molar-refractivity contribution < 1.29 is 4.79 Å². The predicted molar refractivity (Wildman–Crippen MR) is 116 cm³/mol. The fraction of sp³-hybridized carbons (Fsp3) is 0.318. The van der Waals surface area contributed by atoms with Crippen molar-refractivity contribution in [2.24, 2.45) is 0 Å². The molecule has 1 aliphatic carbocycles. The maximum absolute atomic E-state index is 13.3. The minimum absolute atomic E-state index is 0.110. The quantitative estimate of drug-likeness (QED) is 0.531. The number of likely N-dealkylation sites (N-methyl/N-ethyl adjacent to an activating group) is 1. The molecule has 0 aliphatic heterocycles. The lowest BCUT2D eigenvalue weighted by atomic mass is 10.1. The van der Waals surface area contributed by atoms with E-state index >= 15 is 0 Å². The summed E-state index contributed by atoms with van der Waals surface area (Å²) in [5, 5.41) is 7.59. The molecule has 148 valence electrons. The van der Waals surface area contributed by atoms with Gasteiger partial charge in [0.05, 0.1) is 22.2 Å². The van der Waals surface area contributed by atoms with Crippen molar-refractivity contribution in [1.29, 1.82) is 0 Å². The molecule has 7 heteroatoms. The molecule has 1 saturated carbocycles. The van der Waals surface area contributed by atoms with E-state index in [1.54, 1.807) is 6.20 Å². The molecule has 1 fully saturated rings. The lowest BCUT2D eigenvalue weighted by Crippen LogP contribution is -2.32. The van der Waals surface area contributed by atoms with Crippen LogP contribution in [0.1, 0.15) is 23.2 Å². The number of hydrogen-bond acceptors (Lipinski definition) is 5. The lowest BCUT2D eigenvalue weighted by molar-refractivity contribution is 0.0953. The van der Waals surface area contributed by atoms with Gasteiger partial charge in [-0.25, -0.2) is 4.98 Å². The second-order valence-corrected chi connectivity index (χ2v) is 7.88. The van der Waals surface area contributed by atoms with Crippen LogP contribution in [-0.2, 0) is 0 Å². The summed E-state index contributed by atoms with van der Waals surface area (Å²) in [6, 6.07) is 10.4. The molecule has 1 amide bonds. The molecule has 4 aromatic rings. The van der Waals surface area contributed by atoms with Crippen LogP contribution >= 0.6 is 0 Å². The van der Waals surface area contributed by atoms with Crippen LogP contribution < -0.4 is 10.6 Å². The fourth-order valence-electron chi connectivity index (χ4n) is 3.74. The van der Waals surface area contributed by atoms with E-state index in [0.717, 1.165) is 47.0 Å². The van der Waals surface area contributed by atoms with Gasteiger partial charge in [0.1, 0.15) is 5.56 Å². The summed E-state index contributed by atoms with van der Waals surface area (Å²) in [6.07, 6.45) is 5.86. The summed E-state index contributed by atoms with van der Waals surface area (Å²) in [7, 11) is 3.99. The summed E-state index contributed by atoms with van der Waals surface area (Å²) in [5.74, 6) is -0.110. The zero-order valence-electron chi connectivity index (χ0n) is 16.6. The molecule has 0 spiro atoms. The Balaban J connectivity index is 1.78. The third-order valence-electron chi connectivity index (χ3n) is 5.34. The van der Waals surface area contributed by atoms with Crippen LogP contribution in [0, 0.1) is 0 Å². The first-order valence-electron chi connectivity index (χ1n) is 10.00. The Morgan fingerprint density at radius 2 is 2.03 bits per heavy atom. The molecular formula is C22H24N6O. The second-order valence-electron chi connectivity index (χ2n) is 7.88. The molecule has 2 N–H and O–H groups in total. The Morgan fingerprint density at radius 3 is 2.83 bits per heavy atom. The first-order chi connectivity index (χ1) is 14.1. The molecule has 5 rings (SSSR count). The minimum Gasteiger partial charge on any atom is -0.381 e. The largest absolute Gasteiger partial charge is 0.381 e. The number of pyridine rings is 2. The average Bonchev–Trinajstić information content (AvgIpc) is 3.45. The van der Waals surface area contributed by atoms with Crippen molar-refractivity contribution in [3.05, 3.63) is 48.3 Å². The first kappa shape index (κ1) is 17.9. The molecule has 3 aromatic heterocycles. The van der Waals surface area contributed by atoms with Crippen LogP contribution in [0.15, 0.2) is 42.7 Å². The fourth-order valence-corrected chi connectivity index (χ4v) is 3.74. The summed E-state index contributed by atoms with van der Waals surface area (Å²) < 4.78 is 2.07. The van der Waals surface area contributed by atoms with E-state index in [1.807, 2.05) is 55.5 Å². The monoisotopic (exact) mass is 388 g/mol. The minimum atomic E-state index is -0.110. The topological polar surface area (TPSA) is 74.6 Å². The van der Waals surface area contributed by atoms with Gasteiger partial charge in [-0.1, -0.05) is 12.1 Å². The smallest absolute Gasteiger partial charge is 0.257 e. The number of nitrogens with zero attached hydrogens (tertiary/aromatic N) is 4. The molecule has 7 nitrogen and oxygen atoms in total. The highest BCUT2D eigenvalue weighted by Gasteiger charge is 2.28. The number of nitrogens with one attached hydrogen (secondary N) is 2. The number of benzene rings is 1. The van der Waals surface area contributed by atoms with Crippen LogP contribution in [0.5, 0.6) is 0 Å². The summed E-state index contributed by atoms with van der Waals surface area (Å²) in [6.45, 7) is 1.35. The van der Waals surface area contributed by atoms with Crippen molar-refractivity contribution in [3.63, 3.8) is 0 Å². The Labute approximate surface area is 168 Å². The predicted octanol–water partition coefficient (Wildman–Crippen LogP) is 2.90. The Kier molecular flexibility index (Phi) is 4.32. The average molecular weight is 388 g/mol. The van der Waals surface area contributed by atoms with E-state index in [9.17, 15) is 4.79 Å². The molecule has 0 radical (unpaired) electrons. The van der Waals surface area contributed by atoms with E-state index in [0.29, 0.717) is 23.8 Å². The number of anilines is 1. The van der Waals surface area contributed by atoms with Crippen molar-refractivity contribution >= 4 is 39.2 Å².